The van der Waals surface area contributed by atoms with Gasteiger partial charge >= 0.3 is 0 Å². The van der Waals surface area contributed by atoms with Crippen molar-refractivity contribution >= 4 is 16.8 Å². The van der Waals surface area contributed by atoms with Gasteiger partial charge in [-0.3, -0.25) is 9.69 Å². The van der Waals surface area contributed by atoms with Crippen LogP contribution in [0.3, 0.4) is 0 Å². The first kappa shape index (κ1) is 17.4. The molecular formula is C23H24FN3O. The Hall–Kier alpha value is -2.66. The predicted molar refractivity (Wildman–Crippen MR) is 108 cm³/mol. The molecule has 1 amide bonds. The lowest BCUT2D eigenvalue weighted by Gasteiger charge is -2.41. The Balaban J connectivity index is 1.23. The van der Waals surface area contributed by atoms with Gasteiger partial charge in [0.2, 0.25) is 0 Å². The Bertz CT molecular complexity index is 1020. The van der Waals surface area contributed by atoms with E-state index in [-0.39, 0.29) is 11.7 Å². The van der Waals surface area contributed by atoms with Gasteiger partial charge < -0.3 is 9.88 Å². The molecule has 1 N–H and O–H groups in total. The number of piperazine rings is 1. The largest absolute Gasteiger partial charge is 0.351 e. The van der Waals surface area contributed by atoms with Crippen LogP contribution in [-0.2, 0) is 12.8 Å². The number of rotatable bonds is 2. The molecule has 0 radical (unpaired) electrons. The number of fused-ring (bicyclic) bond motifs is 2. The highest BCUT2D eigenvalue weighted by molar-refractivity contribution is 5.98. The van der Waals surface area contributed by atoms with Gasteiger partial charge in [-0.2, -0.15) is 0 Å². The van der Waals surface area contributed by atoms with E-state index in [1.54, 1.807) is 12.1 Å². The van der Waals surface area contributed by atoms with E-state index < -0.39 is 0 Å². The number of halogens is 1. The fraction of sp³-hybridized carbons (Fsp3) is 0.348. The molecule has 2 aromatic carbocycles. The molecule has 1 aromatic heterocycles. The lowest BCUT2D eigenvalue weighted by atomic mass is 9.87. The predicted octanol–water partition coefficient (Wildman–Crippen LogP) is 3.62. The number of aromatic nitrogens is 1. The van der Waals surface area contributed by atoms with E-state index in [4.69, 9.17) is 0 Å². The second kappa shape index (κ2) is 7.06. The Morgan fingerprint density at radius 2 is 1.79 bits per heavy atom. The van der Waals surface area contributed by atoms with Crippen molar-refractivity contribution in [2.24, 2.45) is 0 Å². The van der Waals surface area contributed by atoms with Gasteiger partial charge in [-0.05, 0) is 54.7 Å². The molecule has 1 saturated heterocycles. The van der Waals surface area contributed by atoms with E-state index in [2.05, 4.69) is 34.1 Å². The van der Waals surface area contributed by atoms with Gasteiger partial charge in [0.25, 0.3) is 5.91 Å². The molecule has 0 spiro atoms. The van der Waals surface area contributed by atoms with Gasteiger partial charge in [-0.1, -0.05) is 24.3 Å². The molecule has 144 valence electrons. The molecule has 28 heavy (non-hydrogen) atoms. The smallest absolute Gasteiger partial charge is 0.270 e. The summed E-state index contributed by atoms with van der Waals surface area (Å²) in [5.74, 6) is -0.279. The third-order valence-electron chi connectivity index (χ3n) is 6.25. The molecule has 1 aliphatic carbocycles. The Morgan fingerprint density at radius 3 is 2.61 bits per heavy atom. The van der Waals surface area contributed by atoms with Crippen molar-refractivity contribution in [3.8, 4) is 0 Å². The SMILES string of the molecule is O=C(c1cc2cc(F)ccc2[nH]1)N1CCN([C@@H]2CCc3ccccc3C2)CC1. The fourth-order valence-electron chi connectivity index (χ4n) is 4.67. The van der Waals surface area contributed by atoms with Crippen LogP contribution in [0.25, 0.3) is 10.9 Å². The summed E-state index contributed by atoms with van der Waals surface area (Å²) >= 11 is 0. The molecule has 1 aliphatic heterocycles. The van der Waals surface area contributed by atoms with E-state index in [1.807, 2.05) is 4.90 Å². The first-order valence-electron chi connectivity index (χ1n) is 10.1. The maximum Gasteiger partial charge on any atom is 0.270 e. The zero-order valence-electron chi connectivity index (χ0n) is 15.8. The van der Waals surface area contributed by atoms with Crippen LogP contribution in [0.5, 0.6) is 0 Å². The van der Waals surface area contributed by atoms with Crippen molar-refractivity contribution in [2.75, 3.05) is 26.2 Å². The molecule has 0 bridgehead atoms. The molecule has 2 heterocycles. The fourth-order valence-corrected chi connectivity index (χ4v) is 4.67. The number of aromatic amines is 1. The van der Waals surface area contributed by atoms with E-state index in [0.29, 0.717) is 11.7 Å². The van der Waals surface area contributed by atoms with Crippen LogP contribution in [-0.4, -0.2) is 52.9 Å². The number of carbonyl (C=O) groups excluding carboxylic acids is 1. The van der Waals surface area contributed by atoms with E-state index in [9.17, 15) is 9.18 Å². The summed E-state index contributed by atoms with van der Waals surface area (Å²) in [6.45, 7) is 3.29. The lowest BCUT2D eigenvalue weighted by Crippen LogP contribution is -2.53. The molecule has 5 heteroatoms. The van der Waals surface area contributed by atoms with E-state index in [0.717, 1.165) is 49.9 Å². The van der Waals surface area contributed by atoms with Crippen LogP contribution in [0.15, 0.2) is 48.5 Å². The summed E-state index contributed by atoms with van der Waals surface area (Å²) < 4.78 is 13.4. The van der Waals surface area contributed by atoms with Crippen LogP contribution in [0.2, 0.25) is 0 Å². The zero-order chi connectivity index (χ0) is 19.1. The lowest BCUT2D eigenvalue weighted by molar-refractivity contribution is 0.0548. The van der Waals surface area contributed by atoms with Gasteiger partial charge in [-0.25, -0.2) is 4.39 Å². The Morgan fingerprint density at radius 1 is 1.00 bits per heavy atom. The van der Waals surface area contributed by atoms with Crippen molar-refractivity contribution in [3.63, 3.8) is 0 Å². The van der Waals surface area contributed by atoms with Crippen LogP contribution in [0, 0.1) is 5.82 Å². The minimum absolute atomic E-state index is 0.00486. The number of hydrogen-bond donors (Lipinski definition) is 1. The van der Waals surface area contributed by atoms with Gasteiger partial charge in [0, 0.05) is 43.1 Å². The number of benzene rings is 2. The van der Waals surface area contributed by atoms with Gasteiger partial charge in [0.05, 0.1) is 0 Å². The molecule has 1 fully saturated rings. The average molecular weight is 377 g/mol. The molecule has 0 unspecified atom stereocenters. The number of hydrogen-bond acceptors (Lipinski definition) is 2. The summed E-state index contributed by atoms with van der Waals surface area (Å²) in [7, 11) is 0. The quantitative estimate of drug-likeness (QED) is 0.741. The van der Waals surface area contributed by atoms with Gasteiger partial charge in [-0.15, -0.1) is 0 Å². The van der Waals surface area contributed by atoms with E-state index in [1.165, 1.54) is 29.7 Å². The molecule has 1 atom stereocenters. The topological polar surface area (TPSA) is 39.3 Å². The van der Waals surface area contributed by atoms with Crippen LogP contribution in [0.1, 0.15) is 28.0 Å². The number of amides is 1. The molecular weight excluding hydrogens is 353 g/mol. The average Bonchev–Trinajstić information content (AvgIpc) is 3.16. The third-order valence-corrected chi connectivity index (χ3v) is 6.25. The molecule has 3 aromatic rings. The highest BCUT2D eigenvalue weighted by Gasteiger charge is 2.29. The second-order valence-corrected chi connectivity index (χ2v) is 7.91. The second-order valence-electron chi connectivity index (χ2n) is 7.91. The number of H-pyrrole nitrogens is 1. The minimum atomic E-state index is -0.284. The van der Waals surface area contributed by atoms with E-state index >= 15 is 0 Å². The third kappa shape index (κ3) is 3.20. The summed E-state index contributed by atoms with van der Waals surface area (Å²) in [5.41, 5.74) is 4.30. The van der Waals surface area contributed by atoms with Crippen molar-refractivity contribution in [3.05, 3.63) is 71.2 Å². The summed E-state index contributed by atoms with van der Waals surface area (Å²) in [5, 5.41) is 0.739. The van der Waals surface area contributed by atoms with Crippen LogP contribution >= 0.6 is 0 Å². The maximum atomic E-state index is 13.4. The van der Waals surface area contributed by atoms with Gasteiger partial charge in [0.15, 0.2) is 0 Å². The molecule has 4 nitrogen and oxygen atoms in total. The minimum Gasteiger partial charge on any atom is -0.351 e. The van der Waals surface area contributed by atoms with Crippen LogP contribution in [0.4, 0.5) is 4.39 Å². The van der Waals surface area contributed by atoms with Gasteiger partial charge in [0.1, 0.15) is 11.5 Å². The summed E-state index contributed by atoms with van der Waals surface area (Å²) in [6, 6.07) is 15.6. The Kier molecular flexibility index (Phi) is 4.40. The maximum absolute atomic E-state index is 13.4. The Labute approximate surface area is 163 Å². The number of carbonyl (C=O) groups is 1. The van der Waals surface area contributed by atoms with Crippen molar-refractivity contribution in [1.29, 1.82) is 0 Å². The zero-order valence-corrected chi connectivity index (χ0v) is 15.8. The molecule has 2 aliphatic rings. The summed E-state index contributed by atoms with van der Waals surface area (Å²) in [4.78, 5) is 20.5. The standard InChI is InChI=1S/C23H24FN3O/c24-19-6-8-21-18(13-19)15-22(25-21)23(28)27-11-9-26(10-12-27)20-7-5-16-3-1-2-4-17(16)14-20/h1-4,6,8,13,15,20,25H,5,7,9-12,14H2/t20-/m1/s1. The molecule has 5 rings (SSSR count). The van der Waals surface area contributed by atoms with Crippen molar-refractivity contribution in [2.45, 2.75) is 25.3 Å². The number of nitrogens with one attached hydrogen (secondary N) is 1. The number of aryl methyl sites for hydroxylation is 1. The highest BCUT2D eigenvalue weighted by Crippen LogP contribution is 2.25. The normalized spacial score (nSPS) is 20.3. The summed E-state index contributed by atoms with van der Waals surface area (Å²) in [6.07, 6.45) is 3.45. The van der Waals surface area contributed by atoms with Crippen LogP contribution < -0.4 is 0 Å². The first-order chi connectivity index (χ1) is 13.7. The van der Waals surface area contributed by atoms with Crippen molar-refractivity contribution < 1.29 is 9.18 Å². The first-order valence-corrected chi connectivity index (χ1v) is 10.1. The van der Waals surface area contributed by atoms with Crippen molar-refractivity contribution in [1.82, 2.24) is 14.8 Å². The highest BCUT2D eigenvalue weighted by atomic mass is 19.1. The molecule has 0 saturated carbocycles. The monoisotopic (exact) mass is 377 g/mol. The number of nitrogens with zero attached hydrogens (tertiary/aromatic N) is 2.